The van der Waals surface area contributed by atoms with E-state index in [1.54, 1.807) is 0 Å². The number of hydrogen-bond acceptors (Lipinski definition) is 6. The molecule has 2 saturated heterocycles. The van der Waals surface area contributed by atoms with Crippen molar-refractivity contribution in [3.8, 4) is 0 Å². The van der Waals surface area contributed by atoms with Crippen molar-refractivity contribution < 1.29 is 27.6 Å². The van der Waals surface area contributed by atoms with Crippen molar-refractivity contribution in [1.29, 1.82) is 0 Å². The summed E-state index contributed by atoms with van der Waals surface area (Å²) in [5.74, 6) is 0.480. The maximum atomic E-state index is 13.0. The summed E-state index contributed by atoms with van der Waals surface area (Å²) in [4.78, 5) is 0. The van der Waals surface area contributed by atoms with Crippen LogP contribution in [0.25, 0.3) is 0 Å². The van der Waals surface area contributed by atoms with Crippen LogP contribution < -0.4 is 0 Å². The van der Waals surface area contributed by atoms with E-state index in [-0.39, 0.29) is 6.10 Å². The Morgan fingerprint density at radius 3 is 2.27 bits per heavy atom. The van der Waals surface area contributed by atoms with Crippen molar-refractivity contribution in [2.24, 2.45) is 0 Å². The summed E-state index contributed by atoms with van der Waals surface area (Å²) in [5, 5.41) is 0. The van der Waals surface area contributed by atoms with Gasteiger partial charge in [-0.05, 0) is 25.2 Å². The van der Waals surface area contributed by atoms with Gasteiger partial charge in [0.2, 0.25) is 0 Å². The van der Waals surface area contributed by atoms with Gasteiger partial charge in [0.05, 0.1) is 24.0 Å². The smallest absolute Gasteiger partial charge is 0.184 e. The van der Waals surface area contributed by atoms with Gasteiger partial charge in [0.25, 0.3) is 0 Å². The first kappa shape index (κ1) is 24.7. The molecule has 0 saturated carbocycles. The number of fused-ring (bicyclic) bond motifs is 1. The Hall–Kier alpha value is -1.39. The van der Waals surface area contributed by atoms with E-state index in [9.17, 15) is 4.21 Å². The molecule has 2 aliphatic heterocycles. The summed E-state index contributed by atoms with van der Waals surface area (Å²) in [7, 11) is -3.24. The first-order valence-corrected chi connectivity index (χ1v) is 16.3. The Labute approximate surface area is 200 Å². The molecule has 2 aliphatic rings. The summed E-state index contributed by atoms with van der Waals surface area (Å²) in [6.45, 7) is 9.01. The van der Waals surface area contributed by atoms with Crippen LogP contribution in [0.15, 0.2) is 60.7 Å². The Kier molecular flexibility index (Phi) is 8.17. The zero-order chi connectivity index (χ0) is 23.4. The van der Waals surface area contributed by atoms with Crippen molar-refractivity contribution >= 4 is 19.1 Å². The second-order valence-electron chi connectivity index (χ2n) is 9.35. The van der Waals surface area contributed by atoms with E-state index in [1.807, 2.05) is 67.6 Å². The maximum absolute atomic E-state index is 13.0. The van der Waals surface area contributed by atoms with E-state index >= 15 is 0 Å². The Balaban J connectivity index is 1.64. The lowest BCUT2D eigenvalue weighted by Gasteiger charge is -2.50. The fraction of sp³-hybridized carbons (Fsp3) is 0.520. The van der Waals surface area contributed by atoms with Crippen LogP contribution in [0.4, 0.5) is 0 Å². The topological polar surface area (TPSA) is 63.2 Å². The fourth-order valence-corrected chi connectivity index (χ4v) is 6.47. The number of rotatable bonds is 8. The lowest BCUT2D eigenvalue weighted by Crippen LogP contribution is -2.65. The van der Waals surface area contributed by atoms with Crippen LogP contribution in [0.2, 0.25) is 19.6 Å². The summed E-state index contributed by atoms with van der Waals surface area (Å²) >= 11 is 0. The van der Waals surface area contributed by atoms with Gasteiger partial charge in [-0.2, -0.15) is 0 Å². The monoisotopic (exact) mass is 490 g/mol. The molecule has 0 bridgehead atoms. The predicted octanol–water partition coefficient (Wildman–Crippen LogP) is 4.40. The van der Waals surface area contributed by atoms with Gasteiger partial charge in [0.1, 0.15) is 24.4 Å². The standard InChI is InChI=1S/C25H34O6SSi/c1-5-32(26)25-23(31-33(2,3)4)22(27-16-18-12-8-6-9-13-18)21-20(29-25)17-28-24(30-21)19-14-10-7-11-15-19/h6-15,20-25H,5,16-17H2,1-4H3/t20-,21-,22+,23+,24-,25-,32?/m1/s1. The third kappa shape index (κ3) is 6.19. The molecule has 0 spiro atoms. The molecule has 0 amide bonds. The van der Waals surface area contributed by atoms with E-state index in [2.05, 4.69) is 19.6 Å². The van der Waals surface area contributed by atoms with Crippen LogP contribution in [0, 0.1) is 0 Å². The lowest BCUT2D eigenvalue weighted by molar-refractivity contribution is -0.323. The van der Waals surface area contributed by atoms with Gasteiger partial charge < -0.3 is 23.4 Å². The maximum Gasteiger partial charge on any atom is 0.184 e. The average molecular weight is 491 g/mol. The molecule has 8 heteroatoms. The molecule has 6 nitrogen and oxygen atoms in total. The molecule has 0 radical (unpaired) electrons. The summed E-state index contributed by atoms with van der Waals surface area (Å²) in [6.07, 6.45) is -2.23. The molecule has 2 heterocycles. The third-order valence-corrected chi connectivity index (χ3v) is 8.12. The molecule has 0 aliphatic carbocycles. The van der Waals surface area contributed by atoms with E-state index in [4.69, 9.17) is 23.4 Å². The van der Waals surface area contributed by atoms with Crippen molar-refractivity contribution in [2.45, 2.75) is 69.3 Å². The first-order chi connectivity index (χ1) is 15.9. The highest BCUT2D eigenvalue weighted by atomic mass is 32.2. The Morgan fingerprint density at radius 2 is 1.64 bits per heavy atom. The molecule has 180 valence electrons. The van der Waals surface area contributed by atoms with Gasteiger partial charge in [-0.25, -0.2) is 0 Å². The molecule has 2 aromatic rings. The number of ether oxygens (including phenoxy) is 4. The van der Waals surface area contributed by atoms with Crippen molar-refractivity contribution in [1.82, 2.24) is 0 Å². The predicted molar refractivity (Wildman–Crippen MR) is 131 cm³/mol. The van der Waals surface area contributed by atoms with Crippen LogP contribution in [0.5, 0.6) is 0 Å². The quantitative estimate of drug-likeness (QED) is 0.511. The number of hydrogen-bond donors (Lipinski definition) is 0. The summed E-state index contributed by atoms with van der Waals surface area (Å²) in [6, 6.07) is 19.9. The fourth-order valence-electron chi connectivity index (χ4n) is 4.19. The number of benzene rings is 2. The van der Waals surface area contributed by atoms with E-state index in [0.29, 0.717) is 19.0 Å². The lowest BCUT2D eigenvalue weighted by atomic mass is 9.98. The molecule has 33 heavy (non-hydrogen) atoms. The van der Waals surface area contributed by atoms with Gasteiger partial charge in [0.15, 0.2) is 20.0 Å². The highest BCUT2D eigenvalue weighted by Crippen LogP contribution is 2.38. The van der Waals surface area contributed by atoms with Crippen LogP contribution in [-0.2, 0) is 40.8 Å². The first-order valence-electron chi connectivity index (χ1n) is 11.5. The molecule has 4 rings (SSSR count). The molecule has 2 fully saturated rings. The molecule has 7 atom stereocenters. The second kappa shape index (κ2) is 10.9. The largest absolute Gasteiger partial charge is 0.408 e. The van der Waals surface area contributed by atoms with Crippen LogP contribution in [0.3, 0.4) is 0 Å². The minimum Gasteiger partial charge on any atom is -0.408 e. The van der Waals surface area contributed by atoms with Gasteiger partial charge >= 0.3 is 0 Å². The molecule has 0 aromatic heterocycles. The van der Waals surface area contributed by atoms with Crippen LogP contribution >= 0.6 is 0 Å². The molecule has 1 unspecified atom stereocenters. The van der Waals surface area contributed by atoms with Gasteiger partial charge in [-0.1, -0.05) is 67.6 Å². The van der Waals surface area contributed by atoms with Crippen molar-refractivity contribution in [3.63, 3.8) is 0 Å². The zero-order valence-electron chi connectivity index (χ0n) is 19.7. The summed E-state index contributed by atoms with van der Waals surface area (Å²) < 4.78 is 44.9. The normalized spacial score (nSPS) is 31.0. The SMILES string of the molecule is CCS(=O)[C@H]1O[C@@H]2CO[C@@H](c3ccccc3)O[C@H]2[C@H](OCc2ccccc2)[C@@H]1O[Si](C)(C)C. The molecule has 0 N–H and O–H groups in total. The van der Waals surface area contributed by atoms with Crippen LogP contribution in [0.1, 0.15) is 24.3 Å². The van der Waals surface area contributed by atoms with E-state index in [1.165, 1.54) is 0 Å². The zero-order valence-corrected chi connectivity index (χ0v) is 21.5. The molecule has 2 aromatic carbocycles. The van der Waals surface area contributed by atoms with Gasteiger partial charge in [0, 0.05) is 11.3 Å². The Bertz CT molecular complexity index is 906. The van der Waals surface area contributed by atoms with Gasteiger partial charge in [-0.15, -0.1) is 0 Å². The minimum atomic E-state index is -2.01. The minimum absolute atomic E-state index is 0.340. The van der Waals surface area contributed by atoms with Crippen LogP contribution in [-0.4, -0.2) is 54.7 Å². The Morgan fingerprint density at radius 1 is 0.970 bits per heavy atom. The average Bonchev–Trinajstić information content (AvgIpc) is 2.82. The highest BCUT2D eigenvalue weighted by Gasteiger charge is 2.53. The van der Waals surface area contributed by atoms with Crippen molar-refractivity contribution in [2.75, 3.05) is 12.4 Å². The van der Waals surface area contributed by atoms with E-state index < -0.39 is 49.2 Å². The highest BCUT2D eigenvalue weighted by molar-refractivity contribution is 7.85. The van der Waals surface area contributed by atoms with Gasteiger partial charge in [-0.3, -0.25) is 4.21 Å². The third-order valence-electron chi connectivity index (χ3n) is 5.67. The second-order valence-corrected chi connectivity index (χ2v) is 15.6. The molecular weight excluding hydrogens is 456 g/mol. The van der Waals surface area contributed by atoms with Crippen molar-refractivity contribution in [3.05, 3.63) is 71.8 Å². The summed E-state index contributed by atoms with van der Waals surface area (Å²) in [5.41, 5.74) is 1.41. The van der Waals surface area contributed by atoms with E-state index in [0.717, 1.165) is 11.1 Å². The molecular formula is C25H34O6SSi.